The summed E-state index contributed by atoms with van der Waals surface area (Å²) in [6, 6.07) is 3.60. The van der Waals surface area contributed by atoms with Gasteiger partial charge in [-0.2, -0.15) is 0 Å². The average Bonchev–Trinajstić information content (AvgIpc) is 2.99. The second kappa shape index (κ2) is 5.89. The summed E-state index contributed by atoms with van der Waals surface area (Å²) in [5, 5.41) is 6.61. The number of amides is 1. The van der Waals surface area contributed by atoms with Gasteiger partial charge in [-0.25, -0.2) is 0 Å². The van der Waals surface area contributed by atoms with Crippen LogP contribution in [0.25, 0.3) is 0 Å². The predicted molar refractivity (Wildman–Crippen MR) is 75.3 cm³/mol. The van der Waals surface area contributed by atoms with E-state index in [1.165, 1.54) is 0 Å². The van der Waals surface area contributed by atoms with E-state index in [1.54, 1.807) is 6.07 Å². The van der Waals surface area contributed by atoms with Gasteiger partial charge >= 0.3 is 0 Å². The highest BCUT2D eigenvalue weighted by Crippen LogP contribution is 2.38. The minimum Gasteiger partial charge on any atom is -0.486 e. The first-order chi connectivity index (χ1) is 9.74. The predicted octanol–water partition coefficient (Wildman–Crippen LogP) is 1.48. The standard InChI is InChI=1S/C14H17ClN2O3/c15-10-6-9(7-12-13(10)20-5-4-19-12)8-17-14(18)11-2-1-3-16-11/h6-7,11,16H,1-5,8H2,(H,17,18). The maximum absolute atomic E-state index is 11.9. The third-order valence-electron chi connectivity index (χ3n) is 3.50. The third kappa shape index (κ3) is 2.83. The molecule has 20 heavy (non-hydrogen) atoms. The highest BCUT2D eigenvalue weighted by atomic mass is 35.5. The average molecular weight is 297 g/mol. The second-order valence-electron chi connectivity index (χ2n) is 4.97. The number of hydrogen-bond acceptors (Lipinski definition) is 4. The molecular weight excluding hydrogens is 280 g/mol. The largest absolute Gasteiger partial charge is 0.486 e. The van der Waals surface area contributed by atoms with Crippen molar-refractivity contribution in [2.75, 3.05) is 19.8 Å². The van der Waals surface area contributed by atoms with Gasteiger partial charge < -0.3 is 20.1 Å². The molecule has 0 aliphatic carbocycles. The number of carbonyl (C=O) groups is 1. The van der Waals surface area contributed by atoms with Crippen LogP contribution in [0.5, 0.6) is 11.5 Å². The molecule has 1 aromatic rings. The van der Waals surface area contributed by atoms with Gasteiger partial charge in [0.2, 0.25) is 5.91 Å². The van der Waals surface area contributed by atoms with Crippen LogP contribution in [-0.2, 0) is 11.3 Å². The minimum atomic E-state index is -0.0670. The number of hydrogen-bond donors (Lipinski definition) is 2. The summed E-state index contributed by atoms with van der Waals surface area (Å²) in [5.41, 5.74) is 0.908. The molecule has 6 heteroatoms. The van der Waals surface area contributed by atoms with E-state index in [-0.39, 0.29) is 11.9 Å². The molecule has 2 N–H and O–H groups in total. The van der Waals surface area contributed by atoms with Crippen LogP contribution in [0.4, 0.5) is 0 Å². The molecule has 0 bridgehead atoms. The van der Waals surface area contributed by atoms with E-state index < -0.39 is 0 Å². The van der Waals surface area contributed by atoms with Crippen molar-refractivity contribution in [1.82, 2.24) is 10.6 Å². The van der Waals surface area contributed by atoms with Crippen LogP contribution in [0.3, 0.4) is 0 Å². The van der Waals surface area contributed by atoms with Crippen molar-refractivity contribution in [2.24, 2.45) is 0 Å². The van der Waals surface area contributed by atoms with Crippen LogP contribution in [0.1, 0.15) is 18.4 Å². The van der Waals surface area contributed by atoms with E-state index in [9.17, 15) is 4.79 Å². The molecule has 1 aromatic carbocycles. The number of nitrogens with one attached hydrogen (secondary N) is 2. The Hall–Kier alpha value is -1.46. The Morgan fingerprint density at radius 1 is 1.40 bits per heavy atom. The van der Waals surface area contributed by atoms with Crippen LogP contribution in [0.15, 0.2) is 12.1 Å². The normalized spacial score (nSPS) is 20.8. The molecular formula is C14H17ClN2O3. The van der Waals surface area contributed by atoms with Crippen molar-refractivity contribution in [3.8, 4) is 11.5 Å². The van der Waals surface area contributed by atoms with Gasteiger partial charge in [-0.1, -0.05) is 11.6 Å². The fourth-order valence-corrected chi connectivity index (χ4v) is 2.77. The lowest BCUT2D eigenvalue weighted by Gasteiger charge is -2.20. The lowest BCUT2D eigenvalue weighted by molar-refractivity contribution is -0.122. The zero-order chi connectivity index (χ0) is 13.9. The molecule has 2 aliphatic rings. The fraction of sp³-hybridized carbons (Fsp3) is 0.500. The van der Waals surface area contributed by atoms with E-state index >= 15 is 0 Å². The molecule has 1 unspecified atom stereocenters. The van der Waals surface area contributed by atoms with Crippen LogP contribution in [0.2, 0.25) is 5.02 Å². The van der Waals surface area contributed by atoms with Crippen LogP contribution in [0, 0.1) is 0 Å². The first-order valence-electron chi connectivity index (χ1n) is 6.83. The first-order valence-corrected chi connectivity index (χ1v) is 7.21. The summed E-state index contributed by atoms with van der Waals surface area (Å²) in [6.07, 6.45) is 1.95. The summed E-state index contributed by atoms with van der Waals surface area (Å²) in [4.78, 5) is 11.9. The Bertz CT molecular complexity index is 515. The SMILES string of the molecule is O=C(NCc1cc(Cl)c2c(c1)OCCO2)C1CCCN1. The van der Waals surface area contributed by atoms with Crippen molar-refractivity contribution in [3.63, 3.8) is 0 Å². The summed E-state index contributed by atoms with van der Waals surface area (Å²) in [7, 11) is 0. The van der Waals surface area contributed by atoms with Gasteiger partial charge in [0.15, 0.2) is 11.5 Å². The van der Waals surface area contributed by atoms with Crippen LogP contribution < -0.4 is 20.1 Å². The topological polar surface area (TPSA) is 59.6 Å². The fourth-order valence-electron chi connectivity index (χ4n) is 2.49. The van der Waals surface area contributed by atoms with Gasteiger partial charge in [0, 0.05) is 6.54 Å². The second-order valence-corrected chi connectivity index (χ2v) is 5.38. The number of rotatable bonds is 3. The Kier molecular flexibility index (Phi) is 3.98. The number of fused-ring (bicyclic) bond motifs is 1. The molecule has 3 rings (SSSR count). The first kappa shape index (κ1) is 13.5. The highest BCUT2D eigenvalue weighted by Gasteiger charge is 2.22. The Balaban J connectivity index is 1.65. The Morgan fingerprint density at radius 3 is 3.05 bits per heavy atom. The molecule has 0 radical (unpaired) electrons. The molecule has 2 heterocycles. The van der Waals surface area contributed by atoms with Gasteiger partial charge in [-0.15, -0.1) is 0 Å². The smallest absolute Gasteiger partial charge is 0.237 e. The summed E-state index contributed by atoms with van der Waals surface area (Å²) < 4.78 is 11.0. The Morgan fingerprint density at radius 2 is 2.25 bits per heavy atom. The van der Waals surface area contributed by atoms with Gasteiger partial charge in [-0.05, 0) is 37.1 Å². The van der Waals surface area contributed by atoms with Crippen molar-refractivity contribution < 1.29 is 14.3 Å². The quantitative estimate of drug-likeness (QED) is 0.887. The molecule has 0 spiro atoms. The molecule has 1 atom stereocenters. The van der Waals surface area contributed by atoms with E-state index in [0.29, 0.717) is 36.3 Å². The van der Waals surface area contributed by atoms with Crippen molar-refractivity contribution >= 4 is 17.5 Å². The van der Waals surface area contributed by atoms with Crippen LogP contribution in [-0.4, -0.2) is 31.7 Å². The summed E-state index contributed by atoms with van der Waals surface area (Å²) in [6.45, 7) is 2.38. The van der Waals surface area contributed by atoms with E-state index in [4.69, 9.17) is 21.1 Å². The molecule has 108 valence electrons. The number of carbonyl (C=O) groups excluding carboxylic acids is 1. The van der Waals surface area contributed by atoms with Crippen molar-refractivity contribution in [3.05, 3.63) is 22.7 Å². The number of halogens is 1. The molecule has 2 aliphatic heterocycles. The lowest BCUT2D eigenvalue weighted by atomic mass is 10.1. The van der Waals surface area contributed by atoms with Gasteiger partial charge in [-0.3, -0.25) is 4.79 Å². The van der Waals surface area contributed by atoms with Gasteiger partial charge in [0.1, 0.15) is 13.2 Å². The molecule has 1 fully saturated rings. The maximum Gasteiger partial charge on any atom is 0.237 e. The number of ether oxygens (including phenoxy) is 2. The highest BCUT2D eigenvalue weighted by molar-refractivity contribution is 6.32. The third-order valence-corrected chi connectivity index (χ3v) is 3.78. The van der Waals surface area contributed by atoms with E-state index in [1.807, 2.05) is 6.07 Å². The Labute approximate surface area is 122 Å². The summed E-state index contributed by atoms with van der Waals surface area (Å²) in [5.74, 6) is 1.27. The monoisotopic (exact) mass is 296 g/mol. The number of benzene rings is 1. The van der Waals surface area contributed by atoms with Crippen LogP contribution >= 0.6 is 11.6 Å². The molecule has 5 nitrogen and oxygen atoms in total. The van der Waals surface area contributed by atoms with E-state index in [0.717, 1.165) is 24.9 Å². The molecule has 0 aromatic heterocycles. The summed E-state index contributed by atoms with van der Waals surface area (Å²) >= 11 is 6.16. The lowest BCUT2D eigenvalue weighted by Crippen LogP contribution is -2.40. The van der Waals surface area contributed by atoms with E-state index in [2.05, 4.69) is 10.6 Å². The van der Waals surface area contributed by atoms with Crippen molar-refractivity contribution in [1.29, 1.82) is 0 Å². The minimum absolute atomic E-state index is 0.0357. The zero-order valence-electron chi connectivity index (χ0n) is 11.1. The molecule has 1 amide bonds. The molecule has 1 saturated heterocycles. The van der Waals surface area contributed by atoms with Crippen molar-refractivity contribution in [2.45, 2.75) is 25.4 Å². The molecule has 0 saturated carbocycles. The zero-order valence-corrected chi connectivity index (χ0v) is 11.8. The van der Waals surface area contributed by atoms with Gasteiger partial charge in [0.05, 0.1) is 11.1 Å². The maximum atomic E-state index is 11.9. The van der Waals surface area contributed by atoms with Gasteiger partial charge in [0.25, 0.3) is 0 Å².